The molecule has 0 atom stereocenters. The number of rotatable bonds is 3. The number of carbonyl (C=O) groups is 1. The van der Waals surface area contributed by atoms with Crippen LogP contribution in [0.15, 0.2) is 0 Å². The molecule has 1 amide bonds. The fraction of sp³-hybridized carbons (Fsp3) is 0.933. The van der Waals surface area contributed by atoms with Crippen LogP contribution in [0.5, 0.6) is 0 Å². The Bertz CT molecular complexity index is 298. The number of nitrogens with zero attached hydrogens (tertiary/aromatic N) is 2. The first-order valence-electron chi connectivity index (χ1n) is 7.45. The van der Waals surface area contributed by atoms with E-state index in [1.165, 1.54) is 0 Å². The van der Waals surface area contributed by atoms with Gasteiger partial charge in [0.1, 0.15) is 5.60 Å². The molecule has 0 bridgehead atoms. The zero-order chi connectivity index (χ0) is 14.7. The summed E-state index contributed by atoms with van der Waals surface area (Å²) < 4.78 is 5.43. The van der Waals surface area contributed by atoms with Gasteiger partial charge in [-0.25, -0.2) is 4.79 Å². The molecule has 0 aromatic heterocycles. The highest BCUT2D eigenvalue weighted by Crippen LogP contribution is 2.28. The third-order valence-electron chi connectivity index (χ3n) is 4.02. The maximum absolute atomic E-state index is 12.0. The predicted octanol–water partition coefficient (Wildman–Crippen LogP) is 3.12. The van der Waals surface area contributed by atoms with Gasteiger partial charge in [-0.3, -0.25) is 4.90 Å². The first-order valence-corrected chi connectivity index (χ1v) is 7.45. The standard InChI is InChI=1S/C15H30N2O2/c1-7-17(8-2)15(6)9-11-16(12-10-15)13(18)19-14(3,4)5/h7-12H2,1-6H3. The van der Waals surface area contributed by atoms with Gasteiger partial charge in [-0.2, -0.15) is 0 Å². The minimum atomic E-state index is -0.406. The molecular weight excluding hydrogens is 240 g/mol. The first kappa shape index (κ1) is 16.3. The van der Waals surface area contributed by atoms with Crippen molar-refractivity contribution in [3.63, 3.8) is 0 Å². The summed E-state index contributed by atoms with van der Waals surface area (Å²) in [6, 6.07) is 0. The number of hydrogen-bond acceptors (Lipinski definition) is 3. The fourth-order valence-electron chi connectivity index (χ4n) is 2.80. The quantitative estimate of drug-likeness (QED) is 0.790. The van der Waals surface area contributed by atoms with Crippen molar-refractivity contribution in [2.75, 3.05) is 26.2 Å². The molecule has 1 aliphatic rings. The highest BCUT2D eigenvalue weighted by molar-refractivity contribution is 5.68. The molecule has 112 valence electrons. The lowest BCUT2D eigenvalue weighted by Crippen LogP contribution is -2.54. The van der Waals surface area contributed by atoms with Crippen molar-refractivity contribution in [1.82, 2.24) is 9.80 Å². The van der Waals surface area contributed by atoms with Gasteiger partial charge in [0.2, 0.25) is 0 Å². The number of likely N-dealkylation sites (tertiary alicyclic amines) is 1. The van der Waals surface area contributed by atoms with E-state index in [2.05, 4.69) is 25.7 Å². The van der Waals surface area contributed by atoms with Crippen LogP contribution >= 0.6 is 0 Å². The predicted molar refractivity (Wildman–Crippen MR) is 78.4 cm³/mol. The lowest BCUT2D eigenvalue weighted by Gasteiger charge is -2.46. The van der Waals surface area contributed by atoms with Gasteiger partial charge in [-0.15, -0.1) is 0 Å². The van der Waals surface area contributed by atoms with E-state index in [-0.39, 0.29) is 11.6 Å². The molecule has 0 spiro atoms. The lowest BCUT2D eigenvalue weighted by atomic mass is 9.87. The monoisotopic (exact) mass is 270 g/mol. The van der Waals surface area contributed by atoms with Crippen LogP contribution in [-0.2, 0) is 4.74 Å². The van der Waals surface area contributed by atoms with Crippen molar-refractivity contribution >= 4 is 6.09 Å². The molecule has 1 aliphatic heterocycles. The Labute approximate surface area is 118 Å². The van der Waals surface area contributed by atoms with Gasteiger partial charge < -0.3 is 9.64 Å². The van der Waals surface area contributed by atoms with E-state index in [0.29, 0.717) is 0 Å². The van der Waals surface area contributed by atoms with Crippen molar-refractivity contribution < 1.29 is 9.53 Å². The van der Waals surface area contributed by atoms with E-state index in [1.807, 2.05) is 25.7 Å². The molecule has 0 aliphatic carbocycles. The van der Waals surface area contributed by atoms with Crippen molar-refractivity contribution in [2.45, 2.75) is 65.5 Å². The summed E-state index contributed by atoms with van der Waals surface area (Å²) in [4.78, 5) is 16.4. The number of ether oxygens (including phenoxy) is 1. The molecule has 19 heavy (non-hydrogen) atoms. The average molecular weight is 270 g/mol. The highest BCUT2D eigenvalue weighted by Gasteiger charge is 2.36. The Morgan fingerprint density at radius 2 is 1.68 bits per heavy atom. The Morgan fingerprint density at radius 3 is 2.05 bits per heavy atom. The van der Waals surface area contributed by atoms with Gasteiger partial charge >= 0.3 is 6.09 Å². The van der Waals surface area contributed by atoms with Crippen LogP contribution < -0.4 is 0 Å². The Kier molecular flexibility index (Phi) is 5.25. The van der Waals surface area contributed by atoms with Crippen LogP contribution in [0.4, 0.5) is 4.79 Å². The molecule has 1 rings (SSSR count). The molecule has 0 unspecified atom stereocenters. The first-order chi connectivity index (χ1) is 8.72. The van der Waals surface area contributed by atoms with Crippen molar-refractivity contribution in [2.24, 2.45) is 0 Å². The van der Waals surface area contributed by atoms with Crippen LogP contribution in [0.3, 0.4) is 0 Å². The maximum atomic E-state index is 12.0. The van der Waals surface area contributed by atoms with E-state index >= 15 is 0 Å². The highest BCUT2D eigenvalue weighted by atomic mass is 16.6. The van der Waals surface area contributed by atoms with Gasteiger partial charge in [0.05, 0.1) is 0 Å². The van der Waals surface area contributed by atoms with Gasteiger partial charge in [-0.05, 0) is 53.6 Å². The molecule has 4 heteroatoms. The van der Waals surface area contributed by atoms with E-state index in [0.717, 1.165) is 39.0 Å². The summed E-state index contributed by atoms with van der Waals surface area (Å²) in [5.74, 6) is 0. The summed E-state index contributed by atoms with van der Waals surface area (Å²) >= 11 is 0. The summed E-state index contributed by atoms with van der Waals surface area (Å²) in [6.07, 6.45) is 1.87. The SMILES string of the molecule is CCN(CC)C1(C)CCN(C(=O)OC(C)(C)C)CC1. The van der Waals surface area contributed by atoms with Gasteiger partial charge in [0.15, 0.2) is 0 Å². The second-order valence-corrected chi connectivity index (χ2v) is 6.64. The van der Waals surface area contributed by atoms with Crippen LogP contribution in [0.1, 0.15) is 54.4 Å². The minimum Gasteiger partial charge on any atom is -0.444 e. The summed E-state index contributed by atoms with van der Waals surface area (Å²) in [7, 11) is 0. The molecule has 1 heterocycles. The molecule has 1 saturated heterocycles. The smallest absolute Gasteiger partial charge is 0.410 e. The average Bonchev–Trinajstić information content (AvgIpc) is 2.28. The van der Waals surface area contributed by atoms with Gasteiger partial charge in [0, 0.05) is 18.6 Å². The van der Waals surface area contributed by atoms with Gasteiger partial charge in [0.25, 0.3) is 0 Å². The fourth-order valence-corrected chi connectivity index (χ4v) is 2.80. The van der Waals surface area contributed by atoms with Crippen LogP contribution in [0, 0.1) is 0 Å². The molecular formula is C15H30N2O2. The van der Waals surface area contributed by atoms with Crippen molar-refractivity contribution in [3.8, 4) is 0 Å². The summed E-state index contributed by atoms with van der Waals surface area (Å²) in [5.41, 5.74) is -0.182. The minimum absolute atomic E-state index is 0.172. The third kappa shape index (κ3) is 4.37. The van der Waals surface area contributed by atoms with Crippen molar-refractivity contribution in [3.05, 3.63) is 0 Å². The van der Waals surface area contributed by atoms with E-state index in [9.17, 15) is 4.79 Å². The molecule has 0 saturated carbocycles. The topological polar surface area (TPSA) is 32.8 Å². The van der Waals surface area contributed by atoms with E-state index < -0.39 is 5.60 Å². The molecule has 0 aromatic rings. The number of hydrogen-bond donors (Lipinski definition) is 0. The third-order valence-corrected chi connectivity index (χ3v) is 4.02. The molecule has 4 nitrogen and oxygen atoms in total. The van der Waals surface area contributed by atoms with Crippen LogP contribution in [-0.4, -0.2) is 53.2 Å². The Morgan fingerprint density at radius 1 is 1.21 bits per heavy atom. The molecule has 0 radical (unpaired) electrons. The zero-order valence-electron chi connectivity index (χ0n) is 13.5. The number of carbonyl (C=O) groups excluding carboxylic acids is 1. The summed E-state index contributed by atoms with van der Waals surface area (Å²) in [6.45, 7) is 16.2. The molecule has 0 N–H and O–H groups in total. The maximum Gasteiger partial charge on any atom is 0.410 e. The summed E-state index contributed by atoms with van der Waals surface area (Å²) in [5, 5.41) is 0. The van der Waals surface area contributed by atoms with Gasteiger partial charge in [-0.1, -0.05) is 13.8 Å². The van der Waals surface area contributed by atoms with Crippen molar-refractivity contribution in [1.29, 1.82) is 0 Å². The second kappa shape index (κ2) is 6.12. The Hall–Kier alpha value is -0.770. The normalized spacial score (nSPS) is 19.6. The zero-order valence-corrected chi connectivity index (χ0v) is 13.5. The number of piperidine rings is 1. The van der Waals surface area contributed by atoms with E-state index in [1.54, 1.807) is 0 Å². The molecule has 0 aromatic carbocycles. The number of amides is 1. The lowest BCUT2D eigenvalue weighted by molar-refractivity contribution is 0.000191. The van der Waals surface area contributed by atoms with Crippen LogP contribution in [0.2, 0.25) is 0 Å². The van der Waals surface area contributed by atoms with E-state index in [4.69, 9.17) is 4.74 Å². The molecule has 1 fully saturated rings. The Balaban J connectivity index is 2.55. The van der Waals surface area contributed by atoms with Crippen LogP contribution in [0.25, 0.3) is 0 Å². The second-order valence-electron chi connectivity index (χ2n) is 6.64. The largest absolute Gasteiger partial charge is 0.444 e.